The molecule has 1 aromatic carbocycles. The van der Waals surface area contributed by atoms with Gasteiger partial charge in [0.15, 0.2) is 0 Å². The molecule has 1 aliphatic rings. The van der Waals surface area contributed by atoms with E-state index in [1.165, 1.54) is 21.7 Å². The first kappa shape index (κ1) is 18.1. The first-order chi connectivity index (χ1) is 12.0. The molecule has 0 saturated carbocycles. The lowest BCUT2D eigenvalue weighted by Crippen LogP contribution is -2.37. The summed E-state index contributed by atoms with van der Waals surface area (Å²) in [6, 6.07) is 11.1. The van der Waals surface area contributed by atoms with Crippen molar-refractivity contribution >= 4 is 27.3 Å². The van der Waals surface area contributed by atoms with Crippen molar-refractivity contribution in [2.45, 2.75) is 31.2 Å². The van der Waals surface area contributed by atoms with E-state index >= 15 is 0 Å². The zero-order valence-corrected chi connectivity index (χ0v) is 15.8. The molecule has 1 amide bonds. The van der Waals surface area contributed by atoms with E-state index in [-0.39, 0.29) is 10.8 Å². The van der Waals surface area contributed by atoms with Crippen LogP contribution in [0.4, 0.5) is 0 Å². The lowest BCUT2D eigenvalue weighted by Gasteiger charge is -2.29. The van der Waals surface area contributed by atoms with E-state index in [9.17, 15) is 13.2 Å². The number of thiophene rings is 1. The largest absolute Gasteiger partial charge is 0.347 e. The third-order valence-corrected chi connectivity index (χ3v) is 7.43. The van der Waals surface area contributed by atoms with Crippen molar-refractivity contribution in [2.24, 2.45) is 5.92 Å². The van der Waals surface area contributed by atoms with Gasteiger partial charge in [-0.3, -0.25) is 4.79 Å². The van der Waals surface area contributed by atoms with Gasteiger partial charge in [0.1, 0.15) is 0 Å². The van der Waals surface area contributed by atoms with Crippen LogP contribution in [0, 0.1) is 5.92 Å². The number of sulfonamides is 1. The number of rotatable bonds is 5. The number of nitrogens with zero attached hydrogens (tertiary/aromatic N) is 1. The number of piperidine rings is 1. The van der Waals surface area contributed by atoms with Crippen LogP contribution in [-0.4, -0.2) is 31.7 Å². The monoisotopic (exact) mass is 378 g/mol. The molecule has 2 aromatic rings. The van der Waals surface area contributed by atoms with E-state index in [0.29, 0.717) is 30.4 Å². The molecule has 0 atom stereocenters. The molecule has 0 spiro atoms. The SMILES string of the molecule is CC1CCN(S(=O)(=O)c2csc(C(=O)NCc3ccccc3)c2)CC1. The van der Waals surface area contributed by atoms with Crippen LogP contribution >= 0.6 is 11.3 Å². The maximum atomic E-state index is 12.7. The van der Waals surface area contributed by atoms with Crippen molar-refractivity contribution in [2.75, 3.05) is 13.1 Å². The highest BCUT2D eigenvalue weighted by Crippen LogP contribution is 2.26. The molecular weight excluding hydrogens is 356 g/mol. The molecule has 7 heteroatoms. The van der Waals surface area contributed by atoms with Gasteiger partial charge in [-0.05, 0) is 30.4 Å². The Hall–Kier alpha value is -1.70. The standard InChI is InChI=1S/C18H22N2O3S2/c1-14-7-9-20(10-8-14)25(22,23)16-11-17(24-13-16)18(21)19-12-15-5-3-2-4-6-15/h2-6,11,13-14H,7-10,12H2,1H3,(H,19,21). The van der Waals surface area contributed by atoms with Crippen molar-refractivity contribution in [3.8, 4) is 0 Å². The van der Waals surface area contributed by atoms with Gasteiger partial charge in [0.05, 0.1) is 9.77 Å². The number of nitrogens with one attached hydrogen (secondary N) is 1. The molecule has 0 bridgehead atoms. The average Bonchev–Trinajstić information content (AvgIpc) is 3.12. The molecule has 3 rings (SSSR count). The molecule has 2 heterocycles. The number of carbonyl (C=O) groups excluding carboxylic acids is 1. The highest BCUT2D eigenvalue weighted by atomic mass is 32.2. The van der Waals surface area contributed by atoms with Crippen LogP contribution in [-0.2, 0) is 16.6 Å². The molecule has 25 heavy (non-hydrogen) atoms. The summed E-state index contributed by atoms with van der Waals surface area (Å²) in [6.45, 7) is 3.66. The van der Waals surface area contributed by atoms with Gasteiger partial charge in [-0.25, -0.2) is 8.42 Å². The third kappa shape index (κ3) is 4.29. The van der Waals surface area contributed by atoms with E-state index in [2.05, 4.69) is 12.2 Å². The van der Waals surface area contributed by atoms with E-state index in [4.69, 9.17) is 0 Å². The van der Waals surface area contributed by atoms with E-state index in [0.717, 1.165) is 18.4 Å². The first-order valence-corrected chi connectivity index (χ1v) is 10.7. The zero-order valence-electron chi connectivity index (χ0n) is 14.1. The summed E-state index contributed by atoms with van der Waals surface area (Å²) in [4.78, 5) is 12.9. The lowest BCUT2D eigenvalue weighted by molar-refractivity contribution is 0.0955. The first-order valence-electron chi connectivity index (χ1n) is 8.37. The average molecular weight is 379 g/mol. The van der Waals surface area contributed by atoms with Crippen molar-refractivity contribution in [3.63, 3.8) is 0 Å². The predicted molar refractivity (Wildman–Crippen MR) is 99.1 cm³/mol. The predicted octanol–water partition coefficient (Wildman–Crippen LogP) is 3.10. The molecular formula is C18H22N2O3S2. The van der Waals surface area contributed by atoms with Crippen LogP contribution in [0.1, 0.15) is 35.0 Å². The van der Waals surface area contributed by atoms with Crippen LogP contribution in [0.25, 0.3) is 0 Å². The van der Waals surface area contributed by atoms with Gasteiger partial charge < -0.3 is 5.32 Å². The van der Waals surface area contributed by atoms with Crippen molar-refractivity contribution in [1.82, 2.24) is 9.62 Å². The molecule has 1 saturated heterocycles. The van der Waals surface area contributed by atoms with Crippen molar-refractivity contribution in [3.05, 3.63) is 52.2 Å². The molecule has 0 radical (unpaired) electrons. The zero-order chi connectivity index (χ0) is 17.9. The van der Waals surface area contributed by atoms with Gasteiger partial charge in [-0.2, -0.15) is 4.31 Å². The fourth-order valence-electron chi connectivity index (χ4n) is 2.81. The van der Waals surface area contributed by atoms with Crippen molar-refractivity contribution < 1.29 is 13.2 Å². The summed E-state index contributed by atoms with van der Waals surface area (Å²) >= 11 is 1.17. The third-order valence-electron chi connectivity index (χ3n) is 4.48. The minimum absolute atomic E-state index is 0.219. The Bertz CT molecular complexity index is 823. The quantitative estimate of drug-likeness (QED) is 0.869. The summed E-state index contributed by atoms with van der Waals surface area (Å²) in [5.41, 5.74) is 1.00. The minimum Gasteiger partial charge on any atom is -0.347 e. The van der Waals surface area contributed by atoms with Gasteiger partial charge in [0, 0.05) is 25.0 Å². The van der Waals surface area contributed by atoms with Crippen LogP contribution in [0.3, 0.4) is 0 Å². The van der Waals surface area contributed by atoms with Crippen molar-refractivity contribution in [1.29, 1.82) is 0 Å². The topological polar surface area (TPSA) is 66.5 Å². The highest BCUT2D eigenvalue weighted by Gasteiger charge is 2.29. The van der Waals surface area contributed by atoms with Gasteiger partial charge in [0.25, 0.3) is 5.91 Å². The Morgan fingerprint density at radius 1 is 1.24 bits per heavy atom. The summed E-state index contributed by atoms with van der Waals surface area (Å²) in [5, 5.41) is 4.39. The molecule has 1 fully saturated rings. The summed E-state index contributed by atoms with van der Waals surface area (Å²) in [6.07, 6.45) is 1.77. The second-order valence-electron chi connectivity index (χ2n) is 6.40. The maximum absolute atomic E-state index is 12.7. The van der Waals surface area contributed by atoms with E-state index in [1.807, 2.05) is 30.3 Å². The number of benzene rings is 1. The van der Waals surface area contributed by atoms with E-state index < -0.39 is 10.0 Å². The number of amides is 1. The summed E-state index contributed by atoms with van der Waals surface area (Å²) < 4.78 is 26.9. The summed E-state index contributed by atoms with van der Waals surface area (Å²) in [5.74, 6) is 0.316. The van der Waals surface area contributed by atoms with Gasteiger partial charge in [0.2, 0.25) is 10.0 Å². The second-order valence-corrected chi connectivity index (χ2v) is 9.25. The molecule has 1 aromatic heterocycles. The number of hydrogen-bond donors (Lipinski definition) is 1. The Labute approximate surface area is 152 Å². The minimum atomic E-state index is -3.50. The molecule has 5 nitrogen and oxygen atoms in total. The van der Waals surface area contributed by atoms with Gasteiger partial charge >= 0.3 is 0 Å². The Balaban J connectivity index is 1.66. The second kappa shape index (κ2) is 7.68. The fourth-order valence-corrected chi connectivity index (χ4v) is 5.46. The molecule has 0 unspecified atom stereocenters. The molecule has 1 N–H and O–H groups in total. The van der Waals surface area contributed by atoms with Crippen LogP contribution in [0.15, 0.2) is 46.7 Å². The van der Waals surface area contributed by atoms with Crippen LogP contribution in [0.5, 0.6) is 0 Å². The Kier molecular flexibility index (Phi) is 5.56. The Morgan fingerprint density at radius 2 is 1.92 bits per heavy atom. The number of carbonyl (C=O) groups is 1. The molecule has 134 valence electrons. The molecule has 0 aliphatic carbocycles. The van der Waals surface area contributed by atoms with Gasteiger partial charge in [-0.15, -0.1) is 11.3 Å². The lowest BCUT2D eigenvalue weighted by atomic mass is 10.0. The number of hydrogen-bond acceptors (Lipinski definition) is 4. The Morgan fingerprint density at radius 3 is 2.60 bits per heavy atom. The normalized spacial score (nSPS) is 16.7. The van der Waals surface area contributed by atoms with Crippen LogP contribution < -0.4 is 5.32 Å². The maximum Gasteiger partial charge on any atom is 0.261 e. The summed E-state index contributed by atoms with van der Waals surface area (Å²) in [7, 11) is -3.50. The van der Waals surface area contributed by atoms with Gasteiger partial charge in [-0.1, -0.05) is 37.3 Å². The highest BCUT2D eigenvalue weighted by molar-refractivity contribution is 7.89. The van der Waals surface area contributed by atoms with Crippen LogP contribution in [0.2, 0.25) is 0 Å². The fraction of sp³-hybridized carbons (Fsp3) is 0.389. The van der Waals surface area contributed by atoms with E-state index in [1.54, 1.807) is 5.38 Å². The molecule has 1 aliphatic heterocycles. The smallest absolute Gasteiger partial charge is 0.261 e.